The Labute approximate surface area is 438 Å². The molecule has 0 fully saturated rings. The summed E-state index contributed by atoms with van der Waals surface area (Å²) in [7, 11) is 0. The van der Waals surface area contributed by atoms with E-state index in [0.29, 0.717) is 53.3 Å². The molecule has 0 saturated carbocycles. The van der Waals surface area contributed by atoms with Gasteiger partial charge in [-0.25, -0.2) is 0 Å². The average molecular weight is 999 g/mol. The summed E-state index contributed by atoms with van der Waals surface area (Å²) in [5.41, 5.74) is 13.2. The predicted octanol–water partition coefficient (Wildman–Crippen LogP) is 21.1. The highest BCUT2D eigenvalue weighted by molar-refractivity contribution is 6.59. The van der Waals surface area contributed by atoms with Crippen molar-refractivity contribution in [2.75, 3.05) is 0 Å². The van der Waals surface area contributed by atoms with E-state index < -0.39 is 28.3 Å². The Morgan fingerprint density at radius 2 is 0.456 bits per heavy atom. The predicted molar refractivity (Wildman–Crippen MR) is 307 cm³/mol. The quantitative estimate of drug-likeness (QED) is 0.0631. The van der Waals surface area contributed by atoms with E-state index in [1.165, 1.54) is 81.8 Å². The molecule has 6 unspecified atom stereocenters. The van der Waals surface area contributed by atoms with Crippen LogP contribution in [0.1, 0.15) is 186 Å². The zero-order valence-electron chi connectivity index (χ0n) is 43.6. The fourth-order valence-electron chi connectivity index (χ4n) is 10.4. The van der Waals surface area contributed by atoms with Crippen LogP contribution in [0.2, 0.25) is 46.8 Å². The Morgan fingerprint density at radius 3 is 0.662 bits per heavy atom. The van der Waals surface area contributed by atoms with Crippen molar-refractivity contribution in [1.29, 1.82) is 0 Å². The van der Waals surface area contributed by atoms with E-state index in [1.54, 1.807) is 0 Å². The zero-order valence-corrected chi connectivity index (χ0v) is 48.2. The van der Waals surface area contributed by atoms with Crippen molar-refractivity contribution in [2.24, 2.45) is 0 Å². The summed E-state index contributed by atoms with van der Waals surface area (Å²) in [6.45, 7) is 28.4. The van der Waals surface area contributed by atoms with E-state index in [-0.39, 0.29) is 0 Å². The number of halogens is 3. The largest absolute Gasteiger partial charge is 0.263 e. The SMILES string of the molecule is CC(C)c1cccc(C(C)[CH2][Al]([CH2]C(C)c2cccc(C(C)C)c2)[CH2]C(C)c2cccc(C(C)C)c2)c1.CC([CH2][Al]([CH2]C(C)c1ccc(Cl)cc1)[CH2]C(C)c1ccc(Cl)cc1)c1ccc(Cl)cc1. The van der Waals surface area contributed by atoms with Gasteiger partial charge >= 0.3 is 0 Å². The third-order valence-corrected chi connectivity index (χ3v) is 23.9. The summed E-state index contributed by atoms with van der Waals surface area (Å²) in [5.74, 6) is 5.26. The molecule has 0 saturated heterocycles. The fraction of sp³-hybridized carbons (Fsp3) is 0.429. The molecule has 0 amide bonds. The molecular weight excluding hydrogens is 917 g/mol. The first-order valence-corrected chi connectivity index (χ1v) is 32.0. The first-order valence-electron chi connectivity index (χ1n) is 25.9. The highest BCUT2D eigenvalue weighted by Crippen LogP contribution is 2.37. The highest BCUT2D eigenvalue weighted by atomic mass is 35.5. The Kier molecular flexibility index (Phi) is 22.9. The molecule has 360 valence electrons. The first-order chi connectivity index (χ1) is 32.4. The Balaban J connectivity index is 0.000000258. The second-order valence-corrected chi connectivity index (χ2v) is 29.3. The van der Waals surface area contributed by atoms with Gasteiger partial charge in [0.1, 0.15) is 0 Å². The molecule has 0 aromatic heterocycles. The van der Waals surface area contributed by atoms with Gasteiger partial charge in [0, 0.05) is 15.1 Å². The minimum atomic E-state index is -1.05. The minimum absolute atomic E-state index is 0.545. The van der Waals surface area contributed by atoms with Gasteiger partial charge in [0.05, 0.1) is 0 Å². The molecule has 6 rings (SSSR count). The second kappa shape index (κ2) is 27.7. The summed E-state index contributed by atoms with van der Waals surface area (Å²) in [6.07, 6.45) is 0. The topological polar surface area (TPSA) is 0 Å². The molecular formula is C63H81Al2Cl3. The molecule has 6 atom stereocenters. The van der Waals surface area contributed by atoms with Gasteiger partial charge in [0.2, 0.25) is 0 Å². The molecule has 0 nitrogen and oxygen atoms in total. The molecule has 0 radical (unpaired) electrons. The van der Waals surface area contributed by atoms with Crippen molar-refractivity contribution < 1.29 is 0 Å². The maximum Gasteiger partial charge on any atom is 0.263 e. The molecule has 6 aromatic rings. The number of hydrogen-bond donors (Lipinski definition) is 0. The third kappa shape index (κ3) is 17.8. The standard InChI is InChI=1S/3C12H17.3C9H10Cl.2Al/c3*1-9(2)11-6-5-7-12(8-11)10(3)4;3*1-7(2)8-3-5-9(10)6-4-8;;/h3*5-10H,1H2,2-4H3;3*3-7H,1H2,2H3;;. The van der Waals surface area contributed by atoms with Crippen molar-refractivity contribution in [3.05, 3.63) is 211 Å². The molecule has 0 bridgehead atoms. The molecule has 0 aliphatic rings. The van der Waals surface area contributed by atoms with Crippen molar-refractivity contribution in [1.82, 2.24) is 0 Å². The lowest BCUT2D eigenvalue weighted by atomic mass is 9.95. The first kappa shape index (κ1) is 56.2. The average Bonchev–Trinajstić information content (AvgIpc) is 3.32. The van der Waals surface area contributed by atoms with Crippen molar-refractivity contribution in [3.8, 4) is 0 Å². The van der Waals surface area contributed by atoms with Gasteiger partial charge in [-0.15, -0.1) is 0 Å². The van der Waals surface area contributed by atoms with Crippen LogP contribution >= 0.6 is 34.8 Å². The van der Waals surface area contributed by atoms with E-state index in [2.05, 4.69) is 192 Å². The van der Waals surface area contributed by atoms with E-state index in [4.69, 9.17) is 34.8 Å². The van der Waals surface area contributed by atoms with Crippen molar-refractivity contribution in [2.45, 2.75) is 168 Å². The Bertz CT molecular complexity index is 2120. The zero-order chi connectivity index (χ0) is 49.5. The van der Waals surface area contributed by atoms with Crippen LogP contribution in [0, 0.1) is 0 Å². The smallest absolute Gasteiger partial charge is 0.0872 e. The van der Waals surface area contributed by atoms with Crippen LogP contribution in [0.5, 0.6) is 0 Å². The molecule has 0 spiro atoms. The van der Waals surface area contributed by atoms with Crippen LogP contribution in [0.4, 0.5) is 0 Å². The fourth-order valence-corrected chi connectivity index (χ4v) is 19.6. The van der Waals surface area contributed by atoms with Gasteiger partial charge in [-0.05, 0) is 140 Å². The van der Waals surface area contributed by atoms with Crippen LogP contribution in [-0.2, 0) is 0 Å². The van der Waals surface area contributed by atoms with Crippen LogP contribution in [-0.4, -0.2) is 28.3 Å². The highest BCUT2D eigenvalue weighted by Gasteiger charge is 2.28. The van der Waals surface area contributed by atoms with Gasteiger partial charge in [0.15, 0.2) is 0 Å². The molecule has 5 heteroatoms. The van der Waals surface area contributed by atoms with Crippen LogP contribution in [0.25, 0.3) is 0 Å². The van der Waals surface area contributed by atoms with Crippen LogP contribution in [0.15, 0.2) is 146 Å². The molecule has 0 aliphatic carbocycles. The van der Waals surface area contributed by atoms with Gasteiger partial charge in [0.25, 0.3) is 28.3 Å². The molecule has 0 heterocycles. The normalized spacial score (nSPS) is 14.2. The van der Waals surface area contributed by atoms with E-state index in [9.17, 15) is 0 Å². The van der Waals surface area contributed by atoms with Crippen molar-refractivity contribution in [3.63, 3.8) is 0 Å². The summed E-state index contributed by atoms with van der Waals surface area (Å²) in [4.78, 5) is 0. The maximum atomic E-state index is 6.11. The minimum Gasteiger partial charge on any atom is -0.0872 e. The summed E-state index contributed by atoms with van der Waals surface area (Å²) < 4.78 is 0. The monoisotopic (exact) mass is 997 g/mol. The van der Waals surface area contributed by atoms with E-state index in [1.807, 2.05) is 36.4 Å². The Hall–Kier alpha value is -2.75. The second-order valence-electron chi connectivity index (χ2n) is 21.7. The summed E-state index contributed by atoms with van der Waals surface area (Å²) >= 11 is 16.2. The maximum absolute atomic E-state index is 6.11. The summed E-state index contributed by atoms with van der Waals surface area (Å²) in [6, 6.07) is 53.4. The van der Waals surface area contributed by atoms with Gasteiger partial charge in [-0.2, -0.15) is 0 Å². The Morgan fingerprint density at radius 1 is 0.265 bits per heavy atom. The molecule has 0 N–H and O–H groups in total. The summed E-state index contributed by atoms with van der Waals surface area (Å²) in [5, 5.41) is 10.4. The van der Waals surface area contributed by atoms with E-state index >= 15 is 0 Å². The molecule has 0 aliphatic heterocycles. The third-order valence-electron chi connectivity index (χ3n) is 14.9. The number of hydrogen-bond acceptors (Lipinski definition) is 0. The van der Waals surface area contributed by atoms with Crippen molar-refractivity contribution >= 4 is 63.1 Å². The molecule has 6 aromatic carbocycles. The lowest BCUT2D eigenvalue weighted by Crippen LogP contribution is -2.20. The van der Waals surface area contributed by atoms with E-state index in [0.717, 1.165) is 15.1 Å². The van der Waals surface area contributed by atoms with Crippen LogP contribution in [0.3, 0.4) is 0 Å². The number of rotatable bonds is 21. The van der Waals surface area contributed by atoms with Gasteiger partial charge in [-0.1, -0.05) is 259 Å². The van der Waals surface area contributed by atoms with Gasteiger partial charge in [-0.3, -0.25) is 0 Å². The lowest BCUT2D eigenvalue weighted by molar-refractivity contribution is 0.769. The number of benzene rings is 6. The van der Waals surface area contributed by atoms with Gasteiger partial charge < -0.3 is 0 Å². The molecule has 68 heavy (non-hydrogen) atoms. The van der Waals surface area contributed by atoms with Crippen LogP contribution < -0.4 is 0 Å². The lowest BCUT2D eigenvalue weighted by Gasteiger charge is -2.25.